The van der Waals surface area contributed by atoms with Crippen molar-refractivity contribution in [3.05, 3.63) is 53.7 Å². The van der Waals surface area contributed by atoms with E-state index in [-0.39, 0.29) is 12.8 Å². The summed E-state index contributed by atoms with van der Waals surface area (Å²) in [5.74, 6) is 2.69. The SMILES string of the molecule is OCN1CC2CN(Cc3ccc(C4COc5cccnc5O4)cc3)CC2C1. The van der Waals surface area contributed by atoms with E-state index in [1.807, 2.05) is 12.1 Å². The first-order chi connectivity index (χ1) is 13.3. The van der Waals surface area contributed by atoms with Gasteiger partial charge in [0.1, 0.15) is 6.61 Å². The molecule has 3 atom stereocenters. The highest BCUT2D eigenvalue weighted by Crippen LogP contribution is 2.34. The average Bonchev–Trinajstić information content (AvgIpc) is 3.26. The fraction of sp³-hybridized carbons (Fsp3) is 0.476. The Morgan fingerprint density at radius 2 is 1.74 bits per heavy atom. The van der Waals surface area contributed by atoms with Crippen LogP contribution in [-0.2, 0) is 6.54 Å². The predicted octanol–water partition coefficient (Wildman–Crippen LogP) is 1.91. The predicted molar refractivity (Wildman–Crippen MR) is 100 cm³/mol. The van der Waals surface area contributed by atoms with Crippen molar-refractivity contribution >= 4 is 0 Å². The lowest BCUT2D eigenvalue weighted by atomic mass is 10.0. The number of hydrogen-bond acceptors (Lipinski definition) is 6. The number of aliphatic hydroxyl groups excluding tert-OH is 1. The van der Waals surface area contributed by atoms with E-state index in [2.05, 4.69) is 39.0 Å². The van der Waals surface area contributed by atoms with E-state index >= 15 is 0 Å². The third kappa shape index (κ3) is 3.40. The van der Waals surface area contributed by atoms with Gasteiger partial charge < -0.3 is 14.6 Å². The number of likely N-dealkylation sites (tertiary alicyclic amines) is 2. The quantitative estimate of drug-likeness (QED) is 0.891. The molecular weight excluding hydrogens is 342 g/mol. The minimum absolute atomic E-state index is 0.114. The van der Waals surface area contributed by atoms with Crippen molar-refractivity contribution in [3.63, 3.8) is 0 Å². The zero-order chi connectivity index (χ0) is 18.2. The van der Waals surface area contributed by atoms with Crippen LogP contribution in [-0.4, -0.2) is 59.4 Å². The molecule has 3 aliphatic rings. The van der Waals surface area contributed by atoms with Gasteiger partial charge in [0.25, 0.3) is 5.88 Å². The maximum absolute atomic E-state index is 9.30. The van der Waals surface area contributed by atoms with E-state index < -0.39 is 0 Å². The molecule has 4 heterocycles. The van der Waals surface area contributed by atoms with E-state index in [4.69, 9.17) is 9.47 Å². The molecule has 2 saturated heterocycles. The highest BCUT2D eigenvalue weighted by Gasteiger charge is 2.39. The van der Waals surface area contributed by atoms with Crippen molar-refractivity contribution in [2.75, 3.05) is 39.5 Å². The van der Waals surface area contributed by atoms with Crippen LogP contribution in [0.25, 0.3) is 0 Å². The maximum Gasteiger partial charge on any atom is 0.257 e. The molecule has 0 radical (unpaired) electrons. The molecule has 1 N–H and O–H groups in total. The van der Waals surface area contributed by atoms with Crippen molar-refractivity contribution in [3.8, 4) is 11.6 Å². The van der Waals surface area contributed by atoms with E-state index in [9.17, 15) is 5.11 Å². The number of fused-ring (bicyclic) bond motifs is 2. The van der Waals surface area contributed by atoms with Gasteiger partial charge in [-0.15, -0.1) is 0 Å². The van der Waals surface area contributed by atoms with Gasteiger partial charge in [-0.25, -0.2) is 4.98 Å². The van der Waals surface area contributed by atoms with Crippen LogP contribution < -0.4 is 9.47 Å². The fourth-order valence-electron chi connectivity index (χ4n) is 4.60. The molecule has 1 aromatic heterocycles. The number of hydrogen-bond donors (Lipinski definition) is 1. The summed E-state index contributed by atoms with van der Waals surface area (Å²) in [5, 5.41) is 9.30. The number of aromatic nitrogens is 1. The Morgan fingerprint density at radius 1 is 1.00 bits per heavy atom. The monoisotopic (exact) mass is 367 g/mol. The van der Waals surface area contributed by atoms with Gasteiger partial charge in [-0.05, 0) is 35.1 Å². The lowest BCUT2D eigenvalue weighted by Crippen LogP contribution is -2.29. The van der Waals surface area contributed by atoms with E-state index in [1.165, 1.54) is 5.56 Å². The molecule has 3 aliphatic heterocycles. The highest BCUT2D eigenvalue weighted by atomic mass is 16.6. The lowest BCUT2D eigenvalue weighted by molar-refractivity contribution is 0.0851. The molecule has 0 amide bonds. The van der Waals surface area contributed by atoms with Crippen LogP contribution in [0.1, 0.15) is 17.2 Å². The third-order valence-corrected chi connectivity index (χ3v) is 5.98. The van der Waals surface area contributed by atoms with Crippen LogP contribution >= 0.6 is 0 Å². The summed E-state index contributed by atoms with van der Waals surface area (Å²) in [6, 6.07) is 12.4. The molecule has 27 heavy (non-hydrogen) atoms. The molecule has 1 aromatic carbocycles. The minimum atomic E-state index is -0.114. The fourth-order valence-corrected chi connectivity index (χ4v) is 4.60. The zero-order valence-electron chi connectivity index (χ0n) is 15.3. The molecule has 0 aliphatic carbocycles. The van der Waals surface area contributed by atoms with Crippen LogP contribution in [0.4, 0.5) is 0 Å². The van der Waals surface area contributed by atoms with Gasteiger partial charge in [-0.2, -0.15) is 0 Å². The first-order valence-electron chi connectivity index (χ1n) is 9.67. The van der Waals surface area contributed by atoms with Gasteiger partial charge in [0.2, 0.25) is 0 Å². The zero-order valence-corrected chi connectivity index (χ0v) is 15.3. The molecule has 6 heteroatoms. The number of aliphatic hydroxyl groups is 1. The Balaban J connectivity index is 1.19. The summed E-state index contributed by atoms with van der Waals surface area (Å²) in [4.78, 5) is 8.94. The Hall–Kier alpha value is -2.15. The molecular formula is C21H25N3O3. The second-order valence-corrected chi connectivity index (χ2v) is 7.86. The van der Waals surface area contributed by atoms with Gasteiger partial charge in [0, 0.05) is 38.9 Å². The second kappa shape index (κ2) is 7.11. The topological polar surface area (TPSA) is 58.1 Å². The normalized spacial score (nSPS) is 27.7. The molecule has 3 unspecified atom stereocenters. The van der Waals surface area contributed by atoms with Crippen LogP contribution in [0.2, 0.25) is 0 Å². The van der Waals surface area contributed by atoms with Crippen LogP contribution in [0.3, 0.4) is 0 Å². The summed E-state index contributed by atoms with van der Waals surface area (Å²) in [6.45, 7) is 6.02. The molecule has 0 spiro atoms. The third-order valence-electron chi connectivity index (χ3n) is 5.98. The first-order valence-corrected chi connectivity index (χ1v) is 9.67. The smallest absolute Gasteiger partial charge is 0.257 e. The van der Waals surface area contributed by atoms with Crippen molar-refractivity contribution in [2.45, 2.75) is 12.6 Å². The molecule has 142 valence electrons. The van der Waals surface area contributed by atoms with Gasteiger partial charge in [0.05, 0.1) is 6.73 Å². The summed E-state index contributed by atoms with van der Waals surface area (Å²) < 4.78 is 11.8. The summed E-state index contributed by atoms with van der Waals surface area (Å²) in [7, 11) is 0. The van der Waals surface area contributed by atoms with Crippen molar-refractivity contribution < 1.29 is 14.6 Å². The maximum atomic E-state index is 9.30. The molecule has 0 bridgehead atoms. The molecule has 0 saturated carbocycles. The molecule has 5 rings (SSSR count). The Kier molecular flexibility index (Phi) is 4.47. The van der Waals surface area contributed by atoms with Crippen molar-refractivity contribution in [1.82, 2.24) is 14.8 Å². The standard InChI is InChI=1S/C21H25N3O3/c25-14-24-11-17-9-23(10-18(17)12-24)8-15-3-5-16(6-4-15)20-13-26-19-2-1-7-22-21(19)27-20/h1-7,17-18,20,25H,8-14H2. The van der Waals surface area contributed by atoms with E-state index in [0.29, 0.717) is 30.1 Å². The van der Waals surface area contributed by atoms with Gasteiger partial charge in [0.15, 0.2) is 11.9 Å². The van der Waals surface area contributed by atoms with Gasteiger partial charge in [-0.3, -0.25) is 9.80 Å². The summed E-state index contributed by atoms with van der Waals surface area (Å²) in [6.07, 6.45) is 1.61. The summed E-state index contributed by atoms with van der Waals surface area (Å²) in [5.41, 5.74) is 2.44. The molecule has 6 nitrogen and oxygen atoms in total. The lowest BCUT2D eigenvalue weighted by Gasteiger charge is -2.26. The van der Waals surface area contributed by atoms with Crippen LogP contribution in [0.5, 0.6) is 11.6 Å². The largest absolute Gasteiger partial charge is 0.484 e. The summed E-state index contributed by atoms with van der Waals surface area (Å²) >= 11 is 0. The van der Waals surface area contributed by atoms with Gasteiger partial charge in [-0.1, -0.05) is 24.3 Å². The Morgan fingerprint density at radius 3 is 2.48 bits per heavy atom. The number of ether oxygens (including phenoxy) is 2. The molecule has 2 fully saturated rings. The Bertz CT molecular complexity index is 784. The van der Waals surface area contributed by atoms with Crippen molar-refractivity contribution in [1.29, 1.82) is 0 Å². The number of pyridine rings is 1. The highest BCUT2D eigenvalue weighted by molar-refractivity contribution is 5.36. The first kappa shape index (κ1) is 17.0. The number of nitrogens with zero attached hydrogens (tertiary/aromatic N) is 3. The van der Waals surface area contributed by atoms with Crippen molar-refractivity contribution in [2.24, 2.45) is 11.8 Å². The van der Waals surface area contributed by atoms with E-state index in [0.717, 1.165) is 38.3 Å². The number of benzene rings is 1. The molecule has 2 aromatic rings. The average molecular weight is 367 g/mol. The Labute approximate surface area is 159 Å². The van der Waals surface area contributed by atoms with Gasteiger partial charge >= 0.3 is 0 Å². The van der Waals surface area contributed by atoms with E-state index in [1.54, 1.807) is 6.20 Å². The minimum Gasteiger partial charge on any atom is -0.484 e. The number of rotatable bonds is 4. The van der Waals surface area contributed by atoms with Crippen LogP contribution in [0.15, 0.2) is 42.6 Å². The second-order valence-electron chi connectivity index (χ2n) is 7.86. The van der Waals surface area contributed by atoms with Crippen LogP contribution in [0, 0.1) is 11.8 Å².